The van der Waals surface area contributed by atoms with Gasteiger partial charge < -0.3 is 16.0 Å². The molecule has 0 aliphatic carbocycles. The van der Waals surface area contributed by atoms with Crippen molar-refractivity contribution in [2.75, 3.05) is 26.7 Å². The molecule has 1 amide bonds. The molecule has 0 aromatic carbocycles. The summed E-state index contributed by atoms with van der Waals surface area (Å²) in [5.41, 5.74) is 6.52. The Balaban J connectivity index is 1.82. The molecular weight excluding hydrogens is 278 g/mol. The van der Waals surface area contributed by atoms with E-state index in [0.29, 0.717) is 12.3 Å². The van der Waals surface area contributed by atoms with Gasteiger partial charge in [0.15, 0.2) is 5.96 Å². The van der Waals surface area contributed by atoms with E-state index in [9.17, 15) is 4.79 Å². The molecule has 1 saturated heterocycles. The molecule has 3 N–H and O–H groups in total. The van der Waals surface area contributed by atoms with Gasteiger partial charge in [0.05, 0.1) is 0 Å². The summed E-state index contributed by atoms with van der Waals surface area (Å²) in [5, 5.41) is 3.39. The summed E-state index contributed by atoms with van der Waals surface area (Å²) >= 11 is 0. The van der Waals surface area contributed by atoms with Gasteiger partial charge in [-0.05, 0) is 36.8 Å². The number of amides is 1. The van der Waals surface area contributed by atoms with Gasteiger partial charge in [0.2, 0.25) is 5.91 Å². The normalized spacial score (nSPS) is 19.0. The average Bonchev–Trinajstić information content (AvgIpc) is 2.52. The number of guanidine groups is 1. The van der Waals surface area contributed by atoms with Crippen LogP contribution in [0.1, 0.15) is 24.8 Å². The van der Waals surface area contributed by atoms with Gasteiger partial charge in [-0.1, -0.05) is 6.07 Å². The summed E-state index contributed by atoms with van der Waals surface area (Å²) in [4.78, 5) is 21.8. The van der Waals surface area contributed by atoms with Crippen molar-refractivity contribution in [3.63, 3.8) is 0 Å². The lowest BCUT2D eigenvalue weighted by molar-refractivity contribution is -0.119. The predicted molar refractivity (Wildman–Crippen MR) is 87.4 cm³/mol. The van der Waals surface area contributed by atoms with Crippen LogP contribution in [-0.4, -0.2) is 48.4 Å². The number of aliphatic imine (C=N–C) groups is 1. The summed E-state index contributed by atoms with van der Waals surface area (Å²) in [6.07, 6.45) is 7.17. The van der Waals surface area contributed by atoms with E-state index in [1.165, 1.54) is 5.56 Å². The number of nitrogens with two attached hydrogens (primary N) is 1. The molecule has 2 heterocycles. The highest BCUT2D eigenvalue weighted by atomic mass is 16.1. The van der Waals surface area contributed by atoms with Gasteiger partial charge in [0, 0.05) is 45.5 Å². The van der Waals surface area contributed by atoms with Crippen LogP contribution in [0.4, 0.5) is 0 Å². The molecule has 1 aromatic rings. The summed E-state index contributed by atoms with van der Waals surface area (Å²) in [6, 6.07) is 4.02. The van der Waals surface area contributed by atoms with Gasteiger partial charge in [-0.3, -0.25) is 14.8 Å². The summed E-state index contributed by atoms with van der Waals surface area (Å²) in [6.45, 7) is 2.63. The summed E-state index contributed by atoms with van der Waals surface area (Å²) < 4.78 is 0. The van der Waals surface area contributed by atoms with Crippen molar-refractivity contribution in [1.82, 2.24) is 15.2 Å². The highest BCUT2D eigenvalue weighted by molar-refractivity contribution is 5.80. The smallest absolute Gasteiger partial charge is 0.217 e. The van der Waals surface area contributed by atoms with Crippen LogP contribution < -0.4 is 11.1 Å². The second kappa shape index (κ2) is 8.36. The average molecular weight is 303 g/mol. The van der Waals surface area contributed by atoms with Crippen molar-refractivity contribution in [3.05, 3.63) is 30.1 Å². The lowest BCUT2D eigenvalue weighted by Gasteiger charge is -2.34. The van der Waals surface area contributed by atoms with Crippen LogP contribution >= 0.6 is 0 Å². The van der Waals surface area contributed by atoms with Crippen molar-refractivity contribution in [3.8, 4) is 0 Å². The SMILES string of the molecule is CN=C(NCCc1cccnc1)N1CCCC(CC(N)=O)C1. The van der Waals surface area contributed by atoms with Crippen LogP contribution in [-0.2, 0) is 11.2 Å². The van der Waals surface area contributed by atoms with Crippen LogP contribution in [0.15, 0.2) is 29.5 Å². The number of pyridine rings is 1. The predicted octanol–water partition coefficient (Wildman–Crippen LogP) is 0.787. The second-order valence-electron chi connectivity index (χ2n) is 5.71. The van der Waals surface area contributed by atoms with E-state index in [4.69, 9.17) is 5.73 Å². The first-order valence-corrected chi connectivity index (χ1v) is 7.82. The third-order valence-electron chi connectivity index (χ3n) is 3.94. The molecule has 1 unspecified atom stereocenters. The fourth-order valence-electron chi connectivity index (χ4n) is 2.91. The minimum absolute atomic E-state index is 0.216. The number of nitrogens with one attached hydrogen (secondary N) is 1. The van der Waals surface area contributed by atoms with Crippen LogP contribution in [0.3, 0.4) is 0 Å². The maximum absolute atomic E-state index is 11.1. The Morgan fingerprint density at radius 1 is 1.59 bits per heavy atom. The quantitative estimate of drug-likeness (QED) is 0.622. The number of piperidine rings is 1. The molecule has 1 atom stereocenters. The molecular formula is C16H25N5O. The Morgan fingerprint density at radius 3 is 3.14 bits per heavy atom. The minimum Gasteiger partial charge on any atom is -0.370 e. The number of hydrogen-bond donors (Lipinski definition) is 2. The molecule has 2 rings (SSSR count). The fraction of sp³-hybridized carbons (Fsp3) is 0.562. The van der Waals surface area contributed by atoms with E-state index >= 15 is 0 Å². The van der Waals surface area contributed by atoms with Crippen LogP contribution in [0.2, 0.25) is 0 Å². The lowest BCUT2D eigenvalue weighted by atomic mass is 9.95. The number of carbonyl (C=O) groups is 1. The molecule has 0 bridgehead atoms. The zero-order chi connectivity index (χ0) is 15.8. The van der Waals surface area contributed by atoms with Gasteiger partial charge in [0.1, 0.15) is 0 Å². The third-order valence-corrected chi connectivity index (χ3v) is 3.94. The number of hydrogen-bond acceptors (Lipinski definition) is 3. The second-order valence-corrected chi connectivity index (χ2v) is 5.71. The lowest BCUT2D eigenvalue weighted by Crippen LogP contribution is -2.47. The number of primary amides is 1. The molecule has 1 aromatic heterocycles. The van der Waals surface area contributed by atoms with Crippen LogP contribution in [0, 0.1) is 5.92 Å². The Bertz CT molecular complexity index is 503. The third kappa shape index (κ3) is 5.02. The largest absolute Gasteiger partial charge is 0.370 e. The van der Waals surface area contributed by atoms with Crippen LogP contribution in [0.25, 0.3) is 0 Å². The monoisotopic (exact) mass is 303 g/mol. The Labute approximate surface area is 131 Å². The van der Waals surface area contributed by atoms with Gasteiger partial charge in [-0.15, -0.1) is 0 Å². The maximum Gasteiger partial charge on any atom is 0.217 e. The van der Waals surface area contributed by atoms with E-state index in [2.05, 4.69) is 26.3 Å². The van der Waals surface area contributed by atoms with E-state index in [1.54, 1.807) is 13.2 Å². The van der Waals surface area contributed by atoms with Crippen molar-refractivity contribution in [1.29, 1.82) is 0 Å². The first kappa shape index (κ1) is 16.3. The van der Waals surface area contributed by atoms with Crippen molar-refractivity contribution >= 4 is 11.9 Å². The molecule has 0 spiro atoms. The number of rotatable bonds is 5. The molecule has 6 heteroatoms. The van der Waals surface area contributed by atoms with Crippen molar-refractivity contribution in [2.24, 2.45) is 16.6 Å². The van der Waals surface area contributed by atoms with E-state index in [-0.39, 0.29) is 5.91 Å². The maximum atomic E-state index is 11.1. The summed E-state index contributed by atoms with van der Waals surface area (Å²) in [5.74, 6) is 1.02. The van der Waals surface area contributed by atoms with Gasteiger partial charge in [-0.2, -0.15) is 0 Å². The topological polar surface area (TPSA) is 83.6 Å². The fourth-order valence-corrected chi connectivity index (χ4v) is 2.91. The van der Waals surface area contributed by atoms with Crippen LogP contribution in [0.5, 0.6) is 0 Å². The van der Waals surface area contributed by atoms with E-state index < -0.39 is 0 Å². The molecule has 22 heavy (non-hydrogen) atoms. The standard InChI is InChI=1S/C16H25N5O/c1-18-16(20-8-6-13-4-2-7-19-11-13)21-9-3-5-14(12-21)10-15(17)22/h2,4,7,11,14H,3,5-6,8-10,12H2,1H3,(H2,17,22)(H,18,20). The Hall–Kier alpha value is -2.11. The molecule has 1 fully saturated rings. The zero-order valence-corrected chi connectivity index (χ0v) is 13.2. The van der Waals surface area contributed by atoms with Crippen molar-refractivity contribution < 1.29 is 4.79 Å². The summed E-state index contributed by atoms with van der Waals surface area (Å²) in [7, 11) is 1.80. The molecule has 120 valence electrons. The number of carbonyl (C=O) groups excluding carboxylic acids is 1. The molecule has 0 saturated carbocycles. The number of likely N-dealkylation sites (tertiary alicyclic amines) is 1. The Kier molecular flexibility index (Phi) is 6.18. The highest BCUT2D eigenvalue weighted by Crippen LogP contribution is 2.19. The van der Waals surface area contributed by atoms with Crippen molar-refractivity contribution in [2.45, 2.75) is 25.7 Å². The highest BCUT2D eigenvalue weighted by Gasteiger charge is 2.23. The van der Waals surface area contributed by atoms with E-state index in [1.807, 2.05) is 12.3 Å². The first-order chi connectivity index (χ1) is 10.7. The Morgan fingerprint density at radius 2 is 2.45 bits per heavy atom. The number of nitrogens with zero attached hydrogens (tertiary/aromatic N) is 3. The molecule has 0 radical (unpaired) electrons. The van der Waals surface area contributed by atoms with Gasteiger partial charge in [0.25, 0.3) is 0 Å². The van der Waals surface area contributed by atoms with Gasteiger partial charge >= 0.3 is 0 Å². The molecule has 1 aliphatic rings. The minimum atomic E-state index is -0.216. The number of aromatic nitrogens is 1. The molecule has 1 aliphatic heterocycles. The first-order valence-electron chi connectivity index (χ1n) is 7.82. The molecule has 6 nitrogen and oxygen atoms in total. The van der Waals surface area contributed by atoms with E-state index in [0.717, 1.165) is 44.9 Å². The van der Waals surface area contributed by atoms with Gasteiger partial charge in [-0.25, -0.2) is 0 Å². The zero-order valence-electron chi connectivity index (χ0n) is 13.2.